The minimum Gasteiger partial charge on any atom is -0.368 e. The molecule has 2 aromatic rings. The number of aliphatic imine (C=N–C) groups is 1. The van der Waals surface area contributed by atoms with Crippen LogP contribution < -0.4 is 15.6 Å². The number of halogens is 3. The number of anilines is 1. The van der Waals surface area contributed by atoms with Crippen LogP contribution in [0.15, 0.2) is 29.5 Å². The number of fused-ring (bicyclic) bond motifs is 3. The highest BCUT2D eigenvalue weighted by molar-refractivity contribution is 5.81. The fraction of sp³-hybridized carbons (Fsp3) is 0.522. The topological polar surface area (TPSA) is 77.9 Å². The zero-order chi connectivity index (χ0) is 23.4. The second kappa shape index (κ2) is 8.38. The summed E-state index contributed by atoms with van der Waals surface area (Å²) in [7, 11) is 0. The van der Waals surface area contributed by atoms with Crippen LogP contribution in [0.3, 0.4) is 0 Å². The van der Waals surface area contributed by atoms with Crippen LogP contribution in [0.1, 0.15) is 30.2 Å². The Morgan fingerprint density at radius 3 is 2.65 bits per heavy atom. The minimum absolute atomic E-state index is 0.0334. The molecule has 2 unspecified atom stereocenters. The maximum atomic E-state index is 14.5. The van der Waals surface area contributed by atoms with Crippen molar-refractivity contribution < 1.29 is 17.9 Å². The first-order valence-electron chi connectivity index (χ1n) is 11.6. The third-order valence-electron chi connectivity index (χ3n) is 7.35. The predicted molar refractivity (Wildman–Crippen MR) is 118 cm³/mol. The lowest BCUT2D eigenvalue weighted by molar-refractivity contribution is -0.0749. The first kappa shape index (κ1) is 21.6. The molecule has 11 heteroatoms. The van der Waals surface area contributed by atoms with Crippen molar-refractivity contribution in [3.05, 3.63) is 53.2 Å². The zero-order valence-corrected chi connectivity index (χ0v) is 18.7. The number of guanidine groups is 1. The molecule has 2 saturated heterocycles. The Labute approximate surface area is 195 Å². The van der Waals surface area contributed by atoms with Gasteiger partial charge in [-0.05, 0) is 37.7 Å². The fourth-order valence-corrected chi connectivity index (χ4v) is 5.71. The Morgan fingerprint density at radius 1 is 1.09 bits per heavy atom. The number of nitrogens with one attached hydrogen (secondary N) is 2. The molecule has 0 amide bonds. The number of hydrogen-bond donors (Lipinski definition) is 2. The molecular weight excluding hydrogens is 447 g/mol. The third-order valence-corrected chi connectivity index (χ3v) is 7.35. The van der Waals surface area contributed by atoms with Crippen molar-refractivity contribution in [3.8, 4) is 0 Å². The van der Waals surface area contributed by atoms with Crippen molar-refractivity contribution in [3.63, 3.8) is 0 Å². The van der Waals surface area contributed by atoms with Gasteiger partial charge in [-0.25, -0.2) is 28.1 Å². The Bertz CT molecular complexity index is 1120. The molecule has 8 nitrogen and oxygen atoms in total. The summed E-state index contributed by atoms with van der Waals surface area (Å²) in [4.78, 5) is 15.7. The summed E-state index contributed by atoms with van der Waals surface area (Å²) in [6, 6.07) is 4.43. The number of rotatable bonds is 3. The van der Waals surface area contributed by atoms with Gasteiger partial charge in [0.1, 0.15) is 18.2 Å². The quantitative estimate of drug-likeness (QED) is 0.663. The van der Waals surface area contributed by atoms with Crippen LogP contribution >= 0.6 is 0 Å². The molecule has 1 saturated carbocycles. The lowest BCUT2D eigenvalue weighted by atomic mass is 9.92. The average molecular weight is 474 g/mol. The first-order chi connectivity index (χ1) is 16.5. The van der Waals surface area contributed by atoms with Crippen molar-refractivity contribution in [2.75, 3.05) is 31.1 Å². The number of nitrogens with zero attached hydrogens (tertiary/aromatic N) is 5. The maximum absolute atomic E-state index is 14.5. The van der Waals surface area contributed by atoms with Crippen LogP contribution in [0.25, 0.3) is 0 Å². The van der Waals surface area contributed by atoms with E-state index in [0.29, 0.717) is 30.9 Å². The van der Waals surface area contributed by atoms with E-state index in [1.807, 2.05) is 18.0 Å². The molecule has 0 radical (unpaired) electrons. The SMILES string of the molecule is Cc1cc(N2C[C@H]3CC[C@@H](C2)C3NC2=NC3[C@H](c4ccc(F)c(F)c4F)OCCN3N2)ncn1. The number of piperidine rings is 1. The predicted octanol–water partition coefficient (Wildman–Crippen LogP) is 2.28. The van der Waals surface area contributed by atoms with Gasteiger partial charge in [-0.1, -0.05) is 6.07 Å². The number of hydrogen-bond acceptors (Lipinski definition) is 8. The summed E-state index contributed by atoms with van der Waals surface area (Å²) >= 11 is 0. The lowest BCUT2D eigenvalue weighted by Crippen LogP contribution is -2.56. The van der Waals surface area contributed by atoms with E-state index >= 15 is 0 Å². The van der Waals surface area contributed by atoms with Crippen LogP contribution in [-0.4, -0.2) is 59.4 Å². The Hall–Kier alpha value is -2.92. The number of morpholine rings is 1. The number of aromatic nitrogens is 2. The van der Waals surface area contributed by atoms with E-state index in [2.05, 4.69) is 25.6 Å². The molecule has 5 atom stereocenters. The summed E-state index contributed by atoms with van der Waals surface area (Å²) in [5, 5.41) is 5.44. The van der Waals surface area contributed by atoms with Gasteiger partial charge >= 0.3 is 0 Å². The van der Waals surface area contributed by atoms with E-state index in [9.17, 15) is 13.2 Å². The van der Waals surface area contributed by atoms with Crippen molar-refractivity contribution in [2.24, 2.45) is 16.8 Å². The van der Waals surface area contributed by atoms with Gasteiger partial charge < -0.3 is 15.0 Å². The molecule has 1 aromatic carbocycles. The second-order valence-electron chi connectivity index (χ2n) is 9.44. The van der Waals surface area contributed by atoms with Gasteiger partial charge in [0.05, 0.1) is 6.61 Å². The monoisotopic (exact) mass is 473 g/mol. The summed E-state index contributed by atoms with van der Waals surface area (Å²) < 4.78 is 47.5. The van der Waals surface area contributed by atoms with Crippen molar-refractivity contribution >= 4 is 11.8 Å². The largest absolute Gasteiger partial charge is 0.368 e. The van der Waals surface area contributed by atoms with Gasteiger partial charge in [-0.3, -0.25) is 5.43 Å². The van der Waals surface area contributed by atoms with Crippen molar-refractivity contribution in [2.45, 2.75) is 38.1 Å². The van der Waals surface area contributed by atoms with Gasteiger partial charge in [0.25, 0.3) is 0 Å². The van der Waals surface area contributed by atoms with E-state index in [0.717, 1.165) is 43.5 Å². The zero-order valence-electron chi connectivity index (χ0n) is 18.7. The highest BCUT2D eigenvalue weighted by Gasteiger charge is 2.45. The van der Waals surface area contributed by atoms with Crippen molar-refractivity contribution in [1.29, 1.82) is 0 Å². The molecule has 4 aliphatic rings. The molecule has 1 aromatic heterocycles. The molecule has 0 spiro atoms. The molecule has 4 heterocycles. The molecule has 2 N–H and O–H groups in total. The number of ether oxygens (including phenoxy) is 1. The van der Waals surface area contributed by atoms with Crippen molar-refractivity contribution in [1.82, 2.24) is 25.7 Å². The molecular formula is C23H26F3N7O. The lowest BCUT2D eigenvalue weighted by Gasteiger charge is -2.39. The van der Waals surface area contributed by atoms with Gasteiger partial charge in [-0.15, -0.1) is 0 Å². The molecule has 180 valence electrons. The fourth-order valence-electron chi connectivity index (χ4n) is 5.71. The van der Waals surface area contributed by atoms with Gasteiger partial charge in [0, 0.05) is 43.0 Å². The average Bonchev–Trinajstić information content (AvgIpc) is 3.33. The smallest absolute Gasteiger partial charge is 0.208 e. The Kier molecular flexibility index (Phi) is 5.33. The standard InChI is InChI=1S/C23H26F3N7O/c1-12-8-17(28-11-27-12)32-9-13-2-3-14(10-32)20(13)29-23-30-22-21(34-7-6-33(22)31-23)15-4-5-16(24)19(26)18(15)25/h4-5,8,11,13-14,20-22H,2-3,6-7,9-10H2,1H3,(H2,29,30,31)/t13-,14+,20?,21-,22?/m0/s1. The molecule has 34 heavy (non-hydrogen) atoms. The van der Waals surface area contributed by atoms with Crippen LogP contribution in [-0.2, 0) is 4.74 Å². The van der Waals surface area contributed by atoms with E-state index in [-0.39, 0.29) is 11.6 Å². The number of benzene rings is 1. The molecule has 6 rings (SSSR count). The number of aryl methyl sites for hydroxylation is 1. The molecule has 2 bridgehead atoms. The molecule has 3 aliphatic heterocycles. The van der Waals surface area contributed by atoms with E-state index < -0.39 is 29.7 Å². The van der Waals surface area contributed by atoms with Gasteiger partial charge in [-0.2, -0.15) is 5.01 Å². The first-order valence-corrected chi connectivity index (χ1v) is 11.6. The van der Waals surface area contributed by atoms with Crippen LogP contribution in [0.2, 0.25) is 0 Å². The normalized spacial score (nSPS) is 30.6. The van der Waals surface area contributed by atoms with E-state index in [1.165, 1.54) is 6.07 Å². The Morgan fingerprint density at radius 2 is 1.88 bits per heavy atom. The molecule has 3 fully saturated rings. The second-order valence-corrected chi connectivity index (χ2v) is 9.44. The van der Waals surface area contributed by atoms with Gasteiger partial charge in [0.2, 0.25) is 5.96 Å². The maximum Gasteiger partial charge on any atom is 0.208 e. The van der Waals surface area contributed by atoms with Crippen LogP contribution in [0.5, 0.6) is 0 Å². The third kappa shape index (κ3) is 3.67. The molecule has 1 aliphatic carbocycles. The number of hydrazine groups is 1. The van der Waals surface area contributed by atoms with Gasteiger partial charge in [0.15, 0.2) is 23.6 Å². The van der Waals surface area contributed by atoms with E-state index in [4.69, 9.17) is 9.73 Å². The van der Waals surface area contributed by atoms with Crippen LogP contribution in [0.4, 0.5) is 19.0 Å². The van der Waals surface area contributed by atoms with Crippen LogP contribution in [0, 0.1) is 36.2 Å². The van der Waals surface area contributed by atoms with E-state index in [1.54, 1.807) is 6.33 Å². The highest BCUT2D eigenvalue weighted by Crippen LogP contribution is 2.39. The summed E-state index contributed by atoms with van der Waals surface area (Å²) in [5.74, 6) is -1.49. The summed E-state index contributed by atoms with van der Waals surface area (Å²) in [6.45, 7) is 4.63. The summed E-state index contributed by atoms with van der Waals surface area (Å²) in [6.07, 6.45) is 2.44. The Balaban J connectivity index is 1.18. The minimum atomic E-state index is -1.49. The highest BCUT2D eigenvalue weighted by atomic mass is 19.2. The summed E-state index contributed by atoms with van der Waals surface area (Å²) in [5.41, 5.74) is 4.19.